The Balaban J connectivity index is 1.12. The minimum absolute atomic E-state index is 0.361. The maximum absolute atomic E-state index is 5.77. The number of likely N-dealkylation sites (tertiary alicyclic amines) is 1. The topological polar surface area (TPSA) is 61.0 Å². The lowest BCUT2D eigenvalue weighted by Gasteiger charge is -2.31. The first-order valence-electron chi connectivity index (χ1n) is 13.3. The SMILES string of the molecule is Cn1c(SC[C@@H]2CCCO2)nnc1C1CCN(Cc2cn(-c3ccccc3)nc2-c2ccccc2)CC1. The lowest BCUT2D eigenvalue weighted by Crippen LogP contribution is -2.33. The summed E-state index contributed by atoms with van der Waals surface area (Å²) >= 11 is 1.78. The second-order valence-electron chi connectivity index (χ2n) is 10.0. The van der Waals surface area contributed by atoms with Crippen molar-refractivity contribution < 1.29 is 4.74 Å². The van der Waals surface area contributed by atoms with Crippen LogP contribution in [0.2, 0.25) is 0 Å². The average molecular weight is 515 g/mol. The molecule has 0 spiro atoms. The molecule has 0 amide bonds. The van der Waals surface area contributed by atoms with Gasteiger partial charge in [-0.05, 0) is 50.9 Å². The van der Waals surface area contributed by atoms with Crippen LogP contribution in [0.15, 0.2) is 72.0 Å². The number of nitrogens with zero attached hydrogens (tertiary/aromatic N) is 6. The van der Waals surface area contributed by atoms with E-state index in [9.17, 15) is 0 Å². The molecule has 37 heavy (non-hydrogen) atoms. The summed E-state index contributed by atoms with van der Waals surface area (Å²) < 4.78 is 9.99. The largest absolute Gasteiger partial charge is 0.377 e. The van der Waals surface area contributed by atoms with Crippen molar-refractivity contribution in [1.82, 2.24) is 29.4 Å². The third-order valence-electron chi connectivity index (χ3n) is 7.50. The quantitative estimate of drug-likeness (QED) is 0.297. The maximum Gasteiger partial charge on any atom is 0.191 e. The number of hydrogen-bond donors (Lipinski definition) is 0. The molecule has 0 unspecified atom stereocenters. The molecule has 0 saturated carbocycles. The minimum atomic E-state index is 0.361. The van der Waals surface area contributed by atoms with Gasteiger partial charge in [-0.25, -0.2) is 4.68 Å². The van der Waals surface area contributed by atoms with Crippen LogP contribution in [-0.4, -0.2) is 61.0 Å². The van der Waals surface area contributed by atoms with Crippen LogP contribution in [0.5, 0.6) is 0 Å². The predicted octanol–water partition coefficient (Wildman–Crippen LogP) is 5.32. The van der Waals surface area contributed by atoms with Gasteiger partial charge in [0.15, 0.2) is 5.16 Å². The molecule has 4 aromatic rings. The van der Waals surface area contributed by atoms with E-state index in [-0.39, 0.29) is 0 Å². The number of benzene rings is 2. The molecule has 0 radical (unpaired) electrons. The Bertz CT molecular complexity index is 1290. The summed E-state index contributed by atoms with van der Waals surface area (Å²) in [4.78, 5) is 2.55. The Morgan fingerprint density at radius 2 is 1.70 bits per heavy atom. The monoisotopic (exact) mass is 514 g/mol. The van der Waals surface area contributed by atoms with Crippen molar-refractivity contribution in [2.75, 3.05) is 25.4 Å². The van der Waals surface area contributed by atoms with E-state index < -0.39 is 0 Å². The van der Waals surface area contributed by atoms with Gasteiger partial charge in [-0.1, -0.05) is 60.3 Å². The van der Waals surface area contributed by atoms with Crippen molar-refractivity contribution >= 4 is 11.8 Å². The summed E-state index contributed by atoms with van der Waals surface area (Å²) in [6.07, 6.45) is 7.08. The van der Waals surface area contributed by atoms with Crippen molar-refractivity contribution in [1.29, 1.82) is 0 Å². The molecule has 2 fully saturated rings. The highest BCUT2D eigenvalue weighted by Crippen LogP contribution is 2.32. The molecule has 192 valence electrons. The average Bonchev–Trinajstić information content (AvgIpc) is 3.70. The minimum Gasteiger partial charge on any atom is -0.377 e. The van der Waals surface area contributed by atoms with E-state index in [0.717, 1.165) is 79.2 Å². The van der Waals surface area contributed by atoms with Crippen molar-refractivity contribution in [2.45, 2.75) is 49.4 Å². The van der Waals surface area contributed by atoms with Crippen molar-refractivity contribution in [2.24, 2.45) is 7.05 Å². The van der Waals surface area contributed by atoms with Crippen molar-refractivity contribution in [3.05, 3.63) is 78.2 Å². The van der Waals surface area contributed by atoms with Crippen LogP contribution in [0, 0.1) is 0 Å². The molecule has 8 heteroatoms. The number of rotatable bonds is 8. The van der Waals surface area contributed by atoms with Gasteiger partial charge < -0.3 is 9.30 Å². The van der Waals surface area contributed by atoms with Gasteiger partial charge in [-0.3, -0.25) is 4.90 Å². The molecule has 0 N–H and O–H groups in total. The second kappa shape index (κ2) is 11.2. The van der Waals surface area contributed by atoms with Gasteiger partial charge in [0.2, 0.25) is 0 Å². The fourth-order valence-electron chi connectivity index (χ4n) is 5.42. The van der Waals surface area contributed by atoms with Gasteiger partial charge in [-0.15, -0.1) is 10.2 Å². The Kier molecular flexibility index (Phi) is 7.39. The van der Waals surface area contributed by atoms with E-state index in [1.165, 1.54) is 12.0 Å². The standard InChI is InChI=1S/C29H34N6OS/c1-33-28(30-31-29(33)37-21-26-13-8-18-36-26)23-14-16-34(17-15-23)19-24-20-35(25-11-6-3-7-12-25)32-27(24)22-9-4-2-5-10-22/h2-7,9-12,20,23,26H,8,13-19,21H2,1H3/t26-/m0/s1. The number of ether oxygens (including phenoxy) is 1. The van der Waals surface area contributed by atoms with E-state index in [4.69, 9.17) is 9.84 Å². The lowest BCUT2D eigenvalue weighted by atomic mass is 9.95. The number of thioether (sulfide) groups is 1. The van der Waals surface area contributed by atoms with E-state index >= 15 is 0 Å². The van der Waals surface area contributed by atoms with Crippen LogP contribution in [0.4, 0.5) is 0 Å². The Hall–Kier alpha value is -2.94. The zero-order valence-electron chi connectivity index (χ0n) is 21.4. The number of para-hydroxylation sites is 1. The summed E-state index contributed by atoms with van der Waals surface area (Å²) in [6, 6.07) is 20.9. The molecule has 6 rings (SSSR count). The zero-order chi connectivity index (χ0) is 25.0. The highest BCUT2D eigenvalue weighted by atomic mass is 32.2. The molecule has 7 nitrogen and oxygen atoms in total. The van der Waals surface area contributed by atoms with Crippen LogP contribution < -0.4 is 0 Å². The summed E-state index contributed by atoms with van der Waals surface area (Å²) in [6.45, 7) is 3.88. The molecule has 1 atom stereocenters. The third-order valence-corrected chi connectivity index (χ3v) is 8.65. The van der Waals surface area contributed by atoms with Gasteiger partial charge in [0.05, 0.1) is 17.5 Å². The van der Waals surface area contributed by atoms with E-state index in [1.54, 1.807) is 11.8 Å². The molecule has 2 aromatic carbocycles. The number of aromatic nitrogens is 5. The molecule has 0 aliphatic carbocycles. The Morgan fingerprint density at radius 1 is 0.946 bits per heavy atom. The summed E-state index contributed by atoms with van der Waals surface area (Å²) in [5.41, 5.74) is 4.57. The van der Waals surface area contributed by atoms with Gasteiger partial charge >= 0.3 is 0 Å². The Labute approximate surface area is 222 Å². The summed E-state index contributed by atoms with van der Waals surface area (Å²) in [5.74, 6) is 2.54. The van der Waals surface area contributed by atoms with Gasteiger partial charge in [0.25, 0.3) is 0 Å². The van der Waals surface area contributed by atoms with Gasteiger partial charge in [0.1, 0.15) is 5.82 Å². The molecule has 4 heterocycles. The maximum atomic E-state index is 5.77. The van der Waals surface area contributed by atoms with E-state index in [2.05, 4.69) is 87.5 Å². The predicted molar refractivity (Wildman–Crippen MR) is 147 cm³/mol. The van der Waals surface area contributed by atoms with Crippen LogP contribution in [0.3, 0.4) is 0 Å². The van der Waals surface area contributed by atoms with Gasteiger partial charge in [0, 0.05) is 49.2 Å². The third kappa shape index (κ3) is 5.51. The van der Waals surface area contributed by atoms with E-state index in [0.29, 0.717) is 12.0 Å². The van der Waals surface area contributed by atoms with Crippen molar-refractivity contribution in [3.8, 4) is 16.9 Å². The van der Waals surface area contributed by atoms with Crippen LogP contribution in [0.25, 0.3) is 16.9 Å². The first kappa shape index (κ1) is 24.4. The zero-order valence-corrected chi connectivity index (χ0v) is 22.2. The fraction of sp³-hybridized carbons (Fsp3) is 0.414. The first-order chi connectivity index (χ1) is 18.2. The normalized spacial score (nSPS) is 19.0. The Morgan fingerprint density at radius 3 is 2.43 bits per heavy atom. The van der Waals surface area contributed by atoms with Crippen molar-refractivity contribution in [3.63, 3.8) is 0 Å². The van der Waals surface area contributed by atoms with Gasteiger partial charge in [-0.2, -0.15) is 5.10 Å². The van der Waals surface area contributed by atoms with Crippen LogP contribution in [0.1, 0.15) is 43.0 Å². The summed E-state index contributed by atoms with van der Waals surface area (Å²) in [7, 11) is 2.11. The molecule has 2 aromatic heterocycles. The molecule has 2 saturated heterocycles. The molecular formula is C29H34N6OS. The van der Waals surface area contributed by atoms with E-state index in [1.807, 2.05) is 10.7 Å². The smallest absolute Gasteiger partial charge is 0.191 e. The highest BCUT2D eigenvalue weighted by Gasteiger charge is 2.27. The highest BCUT2D eigenvalue weighted by molar-refractivity contribution is 7.99. The molecule has 2 aliphatic rings. The van der Waals surface area contributed by atoms with Crippen LogP contribution in [-0.2, 0) is 18.3 Å². The first-order valence-corrected chi connectivity index (χ1v) is 14.3. The molecule has 2 aliphatic heterocycles. The van der Waals surface area contributed by atoms with Crippen LogP contribution >= 0.6 is 11.8 Å². The number of piperidine rings is 1. The number of hydrogen-bond acceptors (Lipinski definition) is 6. The fourth-order valence-corrected chi connectivity index (χ4v) is 6.40. The lowest BCUT2D eigenvalue weighted by molar-refractivity contribution is 0.129. The molecule has 0 bridgehead atoms. The second-order valence-corrected chi connectivity index (χ2v) is 11.0. The summed E-state index contributed by atoms with van der Waals surface area (Å²) in [5, 5.41) is 15.1. The molecular weight excluding hydrogens is 480 g/mol.